The van der Waals surface area contributed by atoms with Gasteiger partial charge in [0.1, 0.15) is 0 Å². The van der Waals surface area contributed by atoms with E-state index in [0.29, 0.717) is 12.3 Å². The third-order valence-corrected chi connectivity index (χ3v) is 5.17. The molecule has 1 aromatic carbocycles. The zero-order valence-electron chi connectivity index (χ0n) is 11.0. The largest absolute Gasteiger partial charge is 0.478 e. The van der Waals surface area contributed by atoms with Crippen LogP contribution in [-0.4, -0.2) is 16.1 Å². The van der Waals surface area contributed by atoms with E-state index >= 15 is 0 Å². The van der Waals surface area contributed by atoms with Crippen molar-refractivity contribution in [3.8, 4) is 11.3 Å². The molecule has 1 aromatic heterocycles. The maximum absolute atomic E-state index is 12.8. The van der Waals surface area contributed by atoms with Crippen LogP contribution < -0.4 is 0 Å². The fourth-order valence-corrected chi connectivity index (χ4v) is 3.11. The van der Waals surface area contributed by atoms with Crippen LogP contribution >= 0.6 is 58.0 Å². The minimum Gasteiger partial charge on any atom is -0.478 e. The second-order valence-corrected chi connectivity index (χ2v) is 6.26. The van der Waals surface area contributed by atoms with Gasteiger partial charge in [0.2, 0.25) is 0 Å². The molecule has 0 atom stereocenters. The second kappa shape index (κ2) is 6.77. The molecule has 0 spiro atoms. The minimum absolute atomic E-state index is 0.180. The van der Waals surface area contributed by atoms with Crippen molar-refractivity contribution in [2.75, 3.05) is 0 Å². The van der Waals surface area contributed by atoms with Crippen molar-refractivity contribution >= 4 is 64.0 Å². The predicted octanol–water partition coefficient (Wildman–Crippen LogP) is 6.73. The molecule has 0 aliphatic rings. The number of nitrogens with zero attached hydrogens (tertiary/aromatic N) is 1. The molecule has 0 aliphatic heterocycles. The van der Waals surface area contributed by atoms with Gasteiger partial charge >= 0.3 is 12.1 Å². The fraction of sp³-hybridized carbons (Fsp3) is 0.0769. The van der Waals surface area contributed by atoms with Crippen LogP contribution in [0.1, 0.15) is 15.9 Å². The molecule has 2 rings (SSSR count). The Hall–Kier alpha value is -0.920. The van der Waals surface area contributed by atoms with E-state index in [0.717, 1.165) is 0 Å². The number of carbonyl (C=O) groups is 1. The summed E-state index contributed by atoms with van der Waals surface area (Å²) in [6.07, 6.45) is -4.33. The highest BCUT2D eigenvalue weighted by Crippen LogP contribution is 2.48. The van der Waals surface area contributed by atoms with Crippen LogP contribution in [0.15, 0.2) is 12.3 Å². The number of carboxylic acid groups (broad SMARTS) is 1. The molecule has 11 heteroatoms. The Bertz CT molecular complexity index is 825. The van der Waals surface area contributed by atoms with Crippen molar-refractivity contribution in [1.29, 1.82) is 0 Å². The van der Waals surface area contributed by atoms with E-state index in [1.807, 2.05) is 0 Å². The molecular formula is C13H3Cl5F3NO2. The van der Waals surface area contributed by atoms with Crippen LogP contribution in [0.2, 0.25) is 25.1 Å². The molecule has 2 aromatic rings. The molecule has 0 saturated heterocycles. The van der Waals surface area contributed by atoms with Gasteiger partial charge in [-0.2, -0.15) is 13.2 Å². The van der Waals surface area contributed by atoms with Crippen LogP contribution in [0.4, 0.5) is 13.2 Å². The molecule has 1 N–H and O–H groups in total. The summed E-state index contributed by atoms with van der Waals surface area (Å²) in [5.74, 6) is -1.67. The number of hydrogen-bond acceptors (Lipinski definition) is 2. The van der Waals surface area contributed by atoms with Gasteiger partial charge in [0.15, 0.2) is 0 Å². The number of halogens is 8. The molecular weight excluding hydrogens is 436 g/mol. The third kappa shape index (κ3) is 3.39. The first kappa shape index (κ1) is 19.4. The van der Waals surface area contributed by atoms with Gasteiger partial charge in [0, 0.05) is 11.8 Å². The van der Waals surface area contributed by atoms with Gasteiger partial charge in [-0.1, -0.05) is 58.0 Å². The maximum atomic E-state index is 12.8. The molecule has 0 amide bonds. The molecule has 0 unspecified atom stereocenters. The van der Waals surface area contributed by atoms with E-state index in [1.54, 1.807) is 0 Å². The smallest absolute Gasteiger partial charge is 0.417 e. The maximum Gasteiger partial charge on any atom is 0.417 e. The van der Waals surface area contributed by atoms with Crippen LogP contribution in [0.25, 0.3) is 11.3 Å². The van der Waals surface area contributed by atoms with Crippen molar-refractivity contribution in [3.05, 3.63) is 48.5 Å². The monoisotopic (exact) mass is 437 g/mol. The van der Waals surface area contributed by atoms with E-state index in [1.165, 1.54) is 0 Å². The van der Waals surface area contributed by atoms with E-state index in [9.17, 15) is 23.1 Å². The summed E-state index contributed by atoms with van der Waals surface area (Å²) in [5, 5.41) is 7.98. The molecule has 1 heterocycles. The summed E-state index contributed by atoms with van der Waals surface area (Å²) in [6, 6.07) is 0.410. The summed E-state index contributed by atoms with van der Waals surface area (Å²) in [7, 11) is 0. The molecule has 0 aliphatic carbocycles. The summed E-state index contributed by atoms with van der Waals surface area (Å²) in [5.41, 5.74) is -2.68. The van der Waals surface area contributed by atoms with E-state index in [2.05, 4.69) is 4.98 Å². The van der Waals surface area contributed by atoms with Gasteiger partial charge in [0.05, 0.1) is 41.9 Å². The van der Waals surface area contributed by atoms with Crippen LogP contribution in [0, 0.1) is 0 Å². The predicted molar refractivity (Wildman–Crippen MR) is 86.7 cm³/mol. The van der Waals surface area contributed by atoms with Gasteiger partial charge in [-0.15, -0.1) is 0 Å². The second-order valence-electron chi connectivity index (χ2n) is 4.37. The molecule has 3 nitrogen and oxygen atoms in total. The lowest BCUT2D eigenvalue weighted by molar-refractivity contribution is -0.137. The molecule has 24 heavy (non-hydrogen) atoms. The van der Waals surface area contributed by atoms with Gasteiger partial charge in [-0.05, 0) is 6.07 Å². The zero-order valence-corrected chi connectivity index (χ0v) is 14.8. The standard InChI is InChI=1S/C13H3Cl5F3NO2/c14-6-5(7(15)9(17)10(18)8(6)16)11-4(12(23)24)1-3(2-22-11)13(19,20)21/h1-2H,(H,23,24). The highest BCUT2D eigenvalue weighted by molar-refractivity contribution is 6.56. The molecule has 0 bridgehead atoms. The van der Waals surface area contributed by atoms with E-state index in [-0.39, 0.29) is 30.7 Å². The summed E-state index contributed by atoms with van der Waals surface area (Å²) < 4.78 is 38.3. The highest BCUT2D eigenvalue weighted by atomic mass is 35.5. The van der Waals surface area contributed by atoms with Crippen LogP contribution in [-0.2, 0) is 6.18 Å². The first-order valence-corrected chi connectivity index (χ1v) is 7.68. The fourth-order valence-electron chi connectivity index (χ4n) is 1.79. The Morgan fingerprint density at radius 3 is 1.83 bits per heavy atom. The lowest BCUT2D eigenvalue weighted by Gasteiger charge is -2.15. The third-order valence-electron chi connectivity index (χ3n) is 2.89. The van der Waals surface area contributed by atoms with E-state index < -0.39 is 29.0 Å². The van der Waals surface area contributed by atoms with Crippen molar-refractivity contribution < 1.29 is 23.1 Å². The average Bonchev–Trinajstić information content (AvgIpc) is 2.50. The number of carboxylic acids is 1. The number of benzene rings is 1. The number of rotatable bonds is 2. The summed E-state index contributed by atoms with van der Waals surface area (Å²) in [6.45, 7) is 0. The molecule has 0 fully saturated rings. The molecule has 128 valence electrons. The van der Waals surface area contributed by atoms with Crippen molar-refractivity contribution in [1.82, 2.24) is 4.98 Å². The molecule has 0 saturated carbocycles. The first-order chi connectivity index (χ1) is 11.0. The Morgan fingerprint density at radius 2 is 1.42 bits per heavy atom. The highest BCUT2D eigenvalue weighted by Gasteiger charge is 2.33. The minimum atomic E-state index is -4.78. The topological polar surface area (TPSA) is 50.2 Å². The Morgan fingerprint density at radius 1 is 0.958 bits per heavy atom. The summed E-state index contributed by atoms with van der Waals surface area (Å²) in [4.78, 5) is 14.9. The van der Waals surface area contributed by atoms with Gasteiger partial charge in [0.25, 0.3) is 0 Å². The summed E-state index contributed by atoms with van der Waals surface area (Å²) >= 11 is 29.6. The van der Waals surface area contributed by atoms with Gasteiger partial charge in [-0.25, -0.2) is 4.79 Å². The number of alkyl halides is 3. The lowest BCUT2D eigenvalue weighted by atomic mass is 10.0. The van der Waals surface area contributed by atoms with E-state index in [4.69, 9.17) is 58.0 Å². The van der Waals surface area contributed by atoms with Crippen molar-refractivity contribution in [2.24, 2.45) is 0 Å². The van der Waals surface area contributed by atoms with Gasteiger partial charge < -0.3 is 5.11 Å². The number of hydrogen-bond donors (Lipinski definition) is 1. The quantitative estimate of drug-likeness (QED) is 0.417. The molecule has 0 radical (unpaired) electrons. The normalized spacial score (nSPS) is 11.7. The lowest BCUT2D eigenvalue weighted by Crippen LogP contribution is -2.10. The Labute approximate surface area is 157 Å². The van der Waals surface area contributed by atoms with Crippen LogP contribution in [0.3, 0.4) is 0 Å². The number of pyridine rings is 1. The number of aromatic nitrogens is 1. The first-order valence-electron chi connectivity index (χ1n) is 5.79. The Balaban J connectivity index is 2.86. The van der Waals surface area contributed by atoms with Crippen LogP contribution in [0.5, 0.6) is 0 Å². The number of aromatic carboxylic acids is 1. The SMILES string of the molecule is O=C(O)c1cc(C(F)(F)F)cnc1-c1c(Cl)c(Cl)c(Cl)c(Cl)c1Cl. The zero-order chi connectivity index (χ0) is 18.4. The Kier molecular flexibility index (Phi) is 5.47. The average molecular weight is 439 g/mol. The van der Waals surface area contributed by atoms with Crippen molar-refractivity contribution in [2.45, 2.75) is 6.18 Å². The van der Waals surface area contributed by atoms with Crippen molar-refractivity contribution in [3.63, 3.8) is 0 Å². The van der Waals surface area contributed by atoms with Gasteiger partial charge in [-0.3, -0.25) is 4.98 Å².